The van der Waals surface area contributed by atoms with E-state index in [1.165, 1.54) is 39.9 Å². The zero-order valence-electron chi connectivity index (χ0n) is 19.4. The first-order valence-electron chi connectivity index (χ1n) is 11.3. The molecule has 35 heavy (non-hydrogen) atoms. The van der Waals surface area contributed by atoms with Gasteiger partial charge in [-0.15, -0.1) is 0 Å². The zero-order chi connectivity index (χ0) is 25.2. The lowest BCUT2D eigenvalue weighted by atomic mass is 10.0. The van der Waals surface area contributed by atoms with Crippen LogP contribution in [0.5, 0.6) is 0 Å². The van der Waals surface area contributed by atoms with E-state index in [1.807, 2.05) is 18.2 Å². The second kappa shape index (κ2) is 10.7. The number of rotatable bonds is 6. The molecule has 4 rings (SSSR count). The minimum absolute atomic E-state index is 0.0762. The molecule has 0 unspecified atom stereocenters. The number of hydrogen-bond donors (Lipinski definition) is 0. The van der Waals surface area contributed by atoms with Gasteiger partial charge in [0.2, 0.25) is 10.0 Å². The number of amides is 1. The molecule has 0 atom stereocenters. The van der Waals surface area contributed by atoms with E-state index in [0.29, 0.717) is 23.8 Å². The van der Waals surface area contributed by atoms with Gasteiger partial charge in [0.05, 0.1) is 21.7 Å². The third-order valence-electron chi connectivity index (χ3n) is 5.92. The van der Waals surface area contributed by atoms with Crippen LogP contribution < -0.4 is 4.80 Å². The largest absolute Gasteiger partial charge is 0.465 e. The van der Waals surface area contributed by atoms with Crippen LogP contribution in [0.1, 0.15) is 37.0 Å². The Labute approximate surface area is 216 Å². The van der Waals surface area contributed by atoms with E-state index in [4.69, 9.17) is 4.74 Å². The van der Waals surface area contributed by atoms with Crippen LogP contribution >= 0.6 is 27.3 Å². The standard InChI is InChI=1S/C24H26BrN3O5S2/c1-3-33-22(29)15-28-20-9-6-18(25)14-21(20)34-24(28)26-23(30)17-4-7-19(8-5-17)35(31,32)27-12-10-16(2)11-13-27/h4-9,14,16H,3,10-13,15H2,1-2H3. The molecule has 2 aromatic carbocycles. The fourth-order valence-corrected chi connectivity index (χ4v) is 6.97. The van der Waals surface area contributed by atoms with E-state index in [2.05, 4.69) is 27.8 Å². The summed E-state index contributed by atoms with van der Waals surface area (Å²) in [5.74, 6) is -0.431. The summed E-state index contributed by atoms with van der Waals surface area (Å²) in [6.07, 6.45) is 1.68. The lowest BCUT2D eigenvalue weighted by molar-refractivity contribution is -0.143. The summed E-state index contributed by atoms with van der Waals surface area (Å²) in [5.41, 5.74) is 1.02. The van der Waals surface area contributed by atoms with Crippen LogP contribution in [-0.2, 0) is 26.1 Å². The summed E-state index contributed by atoms with van der Waals surface area (Å²) in [5, 5.41) is 0. The van der Waals surface area contributed by atoms with Gasteiger partial charge in [0.1, 0.15) is 6.54 Å². The van der Waals surface area contributed by atoms with Gasteiger partial charge in [-0.2, -0.15) is 9.30 Å². The van der Waals surface area contributed by atoms with Gasteiger partial charge in [0, 0.05) is 23.1 Å². The topological polar surface area (TPSA) is 98.0 Å². The Morgan fingerprint density at radius 2 is 1.83 bits per heavy atom. The monoisotopic (exact) mass is 579 g/mol. The summed E-state index contributed by atoms with van der Waals surface area (Å²) in [4.78, 5) is 29.9. The maximum atomic E-state index is 13.0. The van der Waals surface area contributed by atoms with Gasteiger partial charge >= 0.3 is 5.97 Å². The Balaban J connectivity index is 1.63. The summed E-state index contributed by atoms with van der Waals surface area (Å²) in [7, 11) is -3.60. The molecule has 8 nitrogen and oxygen atoms in total. The number of carbonyl (C=O) groups is 2. The van der Waals surface area contributed by atoms with Crippen LogP contribution in [0.15, 0.2) is 56.8 Å². The Bertz CT molecular complexity index is 1420. The van der Waals surface area contributed by atoms with Crippen molar-refractivity contribution in [3.8, 4) is 0 Å². The number of hydrogen-bond acceptors (Lipinski definition) is 6. The Kier molecular flexibility index (Phi) is 7.89. The number of nitrogens with zero attached hydrogens (tertiary/aromatic N) is 3. The number of esters is 1. The van der Waals surface area contributed by atoms with Crippen molar-refractivity contribution >= 4 is 59.4 Å². The zero-order valence-corrected chi connectivity index (χ0v) is 22.7. The van der Waals surface area contributed by atoms with Crippen molar-refractivity contribution in [2.45, 2.75) is 38.1 Å². The van der Waals surface area contributed by atoms with Gasteiger partial charge in [-0.3, -0.25) is 9.59 Å². The van der Waals surface area contributed by atoms with Crippen LogP contribution in [0, 0.1) is 5.92 Å². The molecule has 186 valence electrons. The normalized spacial score (nSPS) is 16.0. The first-order valence-corrected chi connectivity index (χ1v) is 14.4. The Morgan fingerprint density at radius 3 is 2.49 bits per heavy atom. The molecule has 1 saturated heterocycles. The SMILES string of the molecule is CCOC(=O)Cn1c(=NC(=O)c2ccc(S(=O)(=O)N3CCC(C)CC3)cc2)sc2cc(Br)ccc21. The molecular formula is C24H26BrN3O5S2. The van der Waals surface area contributed by atoms with Gasteiger partial charge in [-0.1, -0.05) is 34.2 Å². The maximum absolute atomic E-state index is 13.0. The first kappa shape index (κ1) is 25.7. The molecule has 0 N–H and O–H groups in total. The van der Waals surface area contributed by atoms with Crippen LogP contribution in [0.3, 0.4) is 0 Å². The van der Waals surface area contributed by atoms with Crippen LogP contribution in [0.4, 0.5) is 0 Å². The highest BCUT2D eigenvalue weighted by atomic mass is 79.9. The smallest absolute Gasteiger partial charge is 0.326 e. The van der Waals surface area contributed by atoms with Crippen molar-refractivity contribution in [3.63, 3.8) is 0 Å². The Hall–Kier alpha value is -2.34. The molecule has 1 aliphatic rings. The third-order valence-corrected chi connectivity index (χ3v) is 9.36. The number of piperidine rings is 1. The number of fused-ring (bicyclic) bond motifs is 1. The molecule has 1 fully saturated rings. The van der Waals surface area contributed by atoms with Gasteiger partial charge in [-0.05, 0) is 68.1 Å². The van der Waals surface area contributed by atoms with Crippen molar-refractivity contribution in [1.29, 1.82) is 0 Å². The molecule has 0 aliphatic carbocycles. The van der Waals surface area contributed by atoms with Gasteiger partial charge in [-0.25, -0.2) is 8.42 Å². The van der Waals surface area contributed by atoms with Crippen LogP contribution in [-0.4, -0.2) is 48.9 Å². The number of sulfonamides is 1. The first-order chi connectivity index (χ1) is 16.7. The molecule has 0 bridgehead atoms. The number of ether oxygens (including phenoxy) is 1. The van der Waals surface area contributed by atoms with Gasteiger partial charge < -0.3 is 9.30 Å². The van der Waals surface area contributed by atoms with Crippen LogP contribution in [0.25, 0.3) is 10.2 Å². The van der Waals surface area contributed by atoms with Crippen molar-refractivity contribution in [2.75, 3.05) is 19.7 Å². The second-order valence-electron chi connectivity index (χ2n) is 8.42. The van der Waals surface area contributed by atoms with Crippen molar-refractivity contribution in [3.05, 3.63) is 57.3 Å². The number of carbonyl (C=O) groups excluding carboxylic acids is 2. The van der Waals surface area contributed by atoms with E-state index >= 15 is 0 Å². The summed E-state index contributed by atoms with van der Waals surface area (Å²) in [6, 6.07) is 11.4. The number of aromatic nitrogens is 1. The van der Waals surface area contributed by atoms with Crippen molar-refractivity contribution < 1.29 is 22.7 Å². The quantitative estimate of drug-likeness (QED) is 0.408. The average Bonchev–Trinajstić information content (AvgIpc) is 3.15. The van der Waals surface area contributed by atoms with E-state index < -0.39 is 21.9 Å². The third kappa shape index (κ3) is 5.74. The molecule has 11 heteroatoms. The highest BCUT2D eigenvalue weighted by Gasteiger charge is 2.28. The molecule has 1 aliphatic heterocycles. The molecule has 0 radical (unpaired) electrons. The van der Waals surface area contributed by atoms with Gasteiger partial charge in [0.25, 0.3) is 5.91 Å². The number of halogens is 1. The van der Waals surface area contributed by atoms with E-state index in [9.17, 15) is 18.0 Å². The fourth-order valence-electron chi connectivity index (χ4n) is 3.92. The summed E-state index contributed by atoms with van der Waals surface area (Å²) >= 11 is 4.72. The summed E-state index contributed by atoms with van der Waals surface area (Å²) in [6.45, 7) is 5.04. The number of benzene rings is 2. The molecular weight excluding hydrogens is 554 g/mol. The lowest BCUT2D eigenvalue weighted by Crippen LogP contribution is -2.37. The summed E-state index contributed by atoms with van der Waals surface area (Å²) < 4.78 is 35.9. The maximum Gasteiger partial charge on any atom is 0.326 e. The van der Waals surface area contributed by atoms with Crippen molar-refractivity contribution in [2.24, 2.45) is 10.9 Å². The number of thiazole rings is 1. The molecule has 1 amide bonds. The molecule has 0 spiro atoms. The van der Waals surface area contributed by atoms with Gasteiger partial charge in [0.15, 0.2) is 4.80 Å². The second-order valence-corrected chi connectivity index (χ2v) is 12.3. The van der Waals surface area contributed by atoms with E-state index in [0.717, 1.165) is 27.5 Å². The lowest BCUT2D eigenvalue weighted by Gasteiger charge is -2.29. The van der Waals surface area contributed by atoms with E-state index in [1.54, 1.807) is 11.5 Å². The molecule has 3 aromatic rings. The highest BCUT2D eigenvalue weighted by molar-refractivity contribution is 9.10. The molecule has 0 saturated carbocycles. The minimum Gasteiger partial charge on any atom is -0.465 e. The highest BCUT2D eigenvalue weighted by Crippen LogP contribution is 2.24. The fraction of sp³-hybridized carbons (Fsp3) is 0.375. The molecule has 1 aromatic heterocycles. The Morgan fingerprint density at radius 1 is 1.14 bits per heavy atom. The predicted molar refractivity (Wildman–Crippen MR) is 138 cm³/mol. The predicted octanol–water partition coefficient (Wildman–Crippen LogP) is 4.19. The molecule has 2 heterocycles. The van der Waals surface area contributed by atoms with Crippen LogP contribution in [0.2, 0.25) is 0 Å². The van der Waals surface area contributed by atoms with E-state index in [-0.39, 0.29) is 23.6 Å². The van der Waals surface area contributed by atoms with Crippen molar-refractivity contribution in [1.82, 2.24) is 8.87 Å². The average molecular weight is 581 g/mol. The minimum atomic E-state index is -3.60.